The Morgan fingerprint density at radius 3 is 2.66 bits per heavy atom. The van der Waals surface area contributed by atoms with Crippen molar-refractivity contribution >= 4 is 0 Å². The number of rotatable bonds is 4. The third-order valence-electron chi connectivity index (χ3n) is 4.56. The van der Waals surface area contributed by atoms with Gasteiger partial charge < -0.3 is 15.2 Å². The van der Waals surface area contributed by atoms with Gasteiger partial charge in [0.15, 0.2) is 0 Å². The van der Waals surface area contributed by atoms with Gasteiger partial charge in [-0.25, -0.2) is 4.79 Å². The number of aromatic nitrogens is 2. The van der Waals surface area contributed by atoms with E-state index in [1.54, 1.807) is 24.3 Å². The summed E-state index contributed by atoms with van der Waals surface area (Å²) in [6.07, 6.45) is 0. The van der Waals surface area contributed by atoms with Crippen LogP contribution in [0.25, 0.3) is 0 Å². The molecule has 0 unspecified atom stereocenters. The first-order valence-corrected chi connectivity index (χ1v) is 8.77. The first-order valence-electron chi connectivity index (χ1n) is 8.77. The van der Waals surface area contributed by atoms with Crippen molar-refractivity contribution in [3.8, 4) is 17.7 Å². The monoisotopic (exact) mass is 388 g/mol. The quantitative estimate of drug-likeness (QED) is 0.625. The fourth-order valence-electron chi connectivity index (χ4n) is 3.25. The standard InChI is InChI=1S/C21H16N4O4/c22-10-15-16(17-19(26)24-21(27)25-20(17)29-18(15)23)13-7-4-8-14(9-13)28-11-12-5-2-1-3-6-12/h1-9,16H,11,23H2,(H2,24,25,26,27)/t16-/m0/s1. The van der Waals surface area contributed by atoms with Crippen molar-refractivity contribution in [3.05, 3.63) is 104 Å². The predicted molar refractivity (Wildman–Crippen MR) is 104 cm³/mol. The van der Waals surface area contributed by atoms with E-state index >= 15 is 0 Å². The van der Waals surface area contributed by atoms with Gasteiger partial charge in [0.05, 0.1) is 11.5 Å². The van der Waals surface area contributed by atoms with E-state index in [-0.39, 0.29) is 22.9 Å². The number of fused-ring (bicyclic) bond motifs is 1. The minimum atomic E-state index is -0.801. The Morgan fingerprint density at radius 2 is 1.90 bits per heavy atom. The summed E-state index contributed by atoms with van der Waals surface area (Å²) in [5, 5.41) is 9.60. The van der Waals surface area contributed by atoms with Gasteiger partial charge in [-0.05, 0) is 23.3 Å². The summed E-state index contributed by atoms with van der Waals surface area (Å²) in [6.45, 7) is 0.367. The van der Waals surface area contributed by atoms with Gasteiger partial charge in [-0.1, -0.05) is 42.5 Å². The van der Waals surface area contributed by atoms with Crippen molar-refractivity contribution in [2.75, 3.05) is 0 Å². The maximum atomic E-state index is 12.5. The number of benzene rings is 2. The number of aromatic amines is 2. The van der Waals surface area contributed by atoms with Crippen LogP contribution in [-0.4, -0.2) is 9.97 Å². The van der Waals surface area contributed by atoms with E-state index in [0.29, 0.717) is 17.9 Å². The van der Waals surface area contributed by atoms with Crippen LogP contribution in [0.3, 0.4) is 0 Å². The van der Waals surface area contributed by atoms with Crippen LogP contribution in [0.4, 0.5) is 0 Å². The second-order valence-electron chi connectivity index (χ2n) is 6.42. The number of H-pyrrole nitrogens is 2. The highest BCUT2D eigenvalue weighted by atomic mass is 16.5. The van der Waals surface area contributed by atoms with Crippen LogP contribution >= 0.6 is 0 Å². The molecule has 2 heterocycles. The van der Waals surface area contributed by atoms with Crippen molar-refractivity contribution in [3.63, 3.8) is 0 Å². The van der Waals surface area contributed by atoms with Gasteiger partial charge >= 0.3 is 5.69 Å². The van der Waals surface area contributed by atoms with Gasteiger partial charge in [-0.2, -0.15) is 5.26 Å². The number of nitriles is 1. The molecule has 0 bridgehead atoms. The number of ether oxygens (including phenoxy) is 2. The lowest BCUT2D eigenvalue weighted by atomic mass is 9.85. The maximum absolute atomic E-state index is 12.5. The third-order valence-corrected chi connectivity index (χ3v) is 4.56. The fraction of sp³-hybridized carbons (Fsp3) is 0.0952. The van der Waals surface area contributed by atoms with Gasteiger partial charge in [0, 0.05) is 0 Å². The van der Waals surface area contributed by atoms with Gasteiger partial charge in [-0.3, -0.25) is 14.8 Å². The average molecular weight is 388 g/mol. The van der Waals surface area contributed by atoms with Crippen molar-refractivity contribution in [2.45, 2.75) is 12.5 Å². The summed E-state index contributed by atoms with van der Waals surface area (Å²) in [4.78, 5) is 28.7. The lowest BCUT2D eigenvalue weighted by Gasteiger charge is -2.25. The van der Waals surface area contributed by atoms with E-state index in [2.05, 4.69) is 9.97 Å². The van der Waals surface area contributed by atoms with Crippen LogP contribution in [0.15, 0.2) is 75.6 Å². The van der Waals surface area contributed by atoms with Crippen LogP contribution in [-0.2, 0) is 6.61 Å². The number of nitrogens with one attached hydrogen (secondary N) is 2. The Balaban J connectivity index is 1.75. The molecule has 29 heavy (non-hydrogen) atoms. The molecule has 0 aliphatic carbocycles. The van der Waals surface area contributed by atoms with Crippen LogP contribution in [0, 0.1) is 11.3 Å². The van der Waals surface area contributed by atoms with E-state index < -0.39 is 17.2 Å². The molecule has 0 fully saturated rings. The van der Waals surface area contributed by atoms with E-state index in [4.69, 9.17) is 15.2 Å². The molecule has 0 saturated carbocycles. The number of allylic oxidation sites excluding steroid dienone is 1. The number of nitrogens with zero attached hydrogens (tertiary/aromatic N) is 1. The average Bonchev–Trinajstić information content (AvgIpc) is 2.72. The van der Waals surface area contributed by atoms with Crippen LogP contribution in [0.2, 0.25) is 0 Å². The Morgan fingerprint density at radius 1 is 1.10 bits per heavy atom. The van der Waals surface area contributed by atoms with Gasteiger partial charge in [-0.15, -0.1) is 0 Å². The van der Waals surface area contributed by atoms with E-state index in [9.17, 15) is 14.9 Å². The molecular weight excluding hydrogens is 372 g/mol. The normalized spacial score (nSPS) is 15.2. The molecule has 3 aromatic rings. The molecule has 144 valence electrons. The lowest BCUT2D eigenvalue weighted by molar-refractivity contribution is 0.305. The van der Waals surface area contributed by atoms with Crippen LogP contribution in [0.5, 0.6) is 11.6 Å². The van der Waals surface area contributed by atoms with Crippen molar-refractivity contribution < 1.29 is 9.47 Å². The molecule has 0 spiro atoms. The summed E-state index contributed by atoms with van der Waals surface area (Å²) < 4.78 is 11.2. The number of hydrogen-bond acceptors (Lipinski definition) is 6. The molecule has 1 aromatic heterocycles. The first-order chi connectivity index (χ1) is 14.1. The second kappa shape index (κ2) is 7.40. The van der Waals surface area contributed by atoms with E-state index in [0.717, 1.165) is 5.56 Å². The predicted octanol–water partition coefficient (Wildman–Crippen LogP) is 1.86. The molecule has 8 nitrogen and oxygen atoms in total. The summed E-state index contributed by atoms with van der Waals surface area (Å²) in [7, 11) is 0. The summed E-state index contributed by atoms with van der Waals surface area (Å²) in [5.74, 6) is -0.474. The third kappa shape index (κ3) is 3.49. The second-order valence-corrected chi connectivity index (χ2v) is 6.42. The molecule has 1 aliphatic heterocycles. The summed E-state index contributed by atoms with van der Waals surface area (Å²) >= 11 is 0. The highest BCUT2D eigenvalue weighted by molar-refractivity contribution is 5.53. The van der Waals surface area contributed by atoms with E-state index in [1.165, 1.54) is 0 Å². The zero-order chi connectivity index (χ0) is 20.4. The van der Waals surface area contributed by atoms with Crippen molar-refractivity contribution in [1.29, 1.82) is 5.26 Å². The summed E-state index contributed by atoms with van der Waals surface area (Å²) in [6, 6.07) is 18.7. The van der Waals surface area contributed by atoms with Gasteiger partial charge in [0.1, 0.15) is 24.0 Å². The highest BCUT2D eigenvalue weighted by Gasteiger charge is 2.34. The van der Waals surface area contributed by atoms with Crippen molar-refractivity contribution in [1.82, 2.24) is 9.97 Å². The lowest BCUT2D eigenvalue weighted by Crippen LogP contribution is -2.33. The van der Waals surface area contributed by atoms with Crippen LogP contribution in [0.1, 0.15) is 22.6 Å². The summed E-state index contributed by atoms with van der Waals surface area (Å²) in [5.41, 5.74) is 6.30. The molecular formula is C21H16N4O4. The zero-order valence-electron chi connectivity index (χ0n) is 15.1. The van der Waals surface area contributed by atoms with Gasteiger partial charge in [0.25, 0.3) is 5.56 Å². The molecule has 4 rings (SSSR count). The maximum Gasteiger partial charge on any atom is 0.328 e. The highest BCUT2D eigenvalue weighted by Crippen LogP contribution is 2.39. The zero-order valence-corrected chi connectivity index (χ0v) is 15.1. The SMILES string of the molecule is N#CC1=C(N)Oc2[nH]c(=O)[nH]c(=O)c2[C@H]1c1cccc(OCc2ccccc2)c1. The first kappa shape index (κ1) is 18.1. The smallest absolute Gasteiger partial charge is 0.328 e. The van der Waals surface area contributed by atoms with E-state index in [1.807, 2.05) is 36.4 Å². The Kier molecular flexibility index (Phi) is 4.63. The molecule has 0 amide bonds. The minimum absolute atomic E-state index is 0.0733. The fourth-order valence-corrected chi connectivity index (χ4v) is 3.25. The largest absolute Gasteiger partial charge is 0.489 e. The molecule has 2 aromatic carbocycles. The molecule has 0 radical (unpaired) electrons. The molecule has 1 aliphatic rings. The molecule has 0 saturated heterocycles. The Hall–Kier alpha value is -4.25. The molecule has 1 atom stereocenters. The molecule has 4 N–H and O–H groups in total. The molecule has 8 heteroatoms. The minimum Gasteiger partial charge on any atom is -0.489 e. The van der Waals surface area contributed by atoms with Gasteiger partial charge in [0.2, 0.25) is 11.8 Å². The number of nitrogens with two attached hydrogens (primary N) is 1. The topological polar surface area (TPSA) is 134 Å². The Labute approximate surface area is 164 Å². The Bertz CT molecular complexity index is 1250. The van der Waals surface area contributed by atoms with Crippen molar-refractivity contribution in [2.24, 2.45) is 5.73 Å². The number of hydrogen-bond donors (Lipinski definition) is 3. The van der Waals surface area contributed by atoms with Crippen LogP contribution < -0.4 is 26.5 Å².